The summed E-state index contributed by atoms with van der Waals surface area (Å²) < 4.78 is 4.93. The third-order valence-corrected chi connectivity index (χ3v) is 0.997. The fourth-order valence-electron chi connectivity index (χ4n) is 0.624. The molecule has 0 heterocycles. The van der Waals surface area contributed by atoms with Crippen molar-refractivity contribution in [3.05, 3.63) is 0 Å². The molecule has 0 aromatic rings. The van der Waals surface area contributed by atoms with Crippen LogP contribution in [0.15, 0.2) is 0 Å². The van der Waals surface area contributed by atoms with Gasteiger partial charge in [0.25, 0.3) is 0 Å². The summed E-state index contributed by atoms with van der Waals surface area (Å²) in [6.07, 6.45) is 0.477. The lowest BCUT2D eigenvalue weighted by atomic mass is 10.2. The maximum atomic E-state index is 11.0. The molecule has 0 radical (unpaired) electrons. The van der Waals surface area contributed by atoms with Gasteiger partial charge in [-0.05, 0) is 20.8 Å². The standard InChI is InChI=1S/C8H15NO3/c1-8(2,3)12-7(11)4-6(9)5-10/h5-6H,4,9H2,1-3H3. The SMILES string of the molecule is CC(C)(C)OC(=O)CC(N)C=O. The minimum Gasteiger partial charge on any atom is -0.460 e. The second-order valence-corrected chi connectivity index (χ2v) is 3.59. The van der Waals surface area contributed by atoms with Crippen LogP contribution in [0.1, 0.15) is 27.2 Å². The maximum Gasteiger partial charge on any atom is 0.308 e. The summed E-state index contributed by atoms with van der Waals surface area (Å²) in [6, 6.07) is -0.750. The molecule has 4 heteroatoms. The van der Waals surface area contributed by atoms with Crippen LogP contribution in [0.5, 0.6) is 0 Å². The highest BCUT2D eigenvalue weighted by atomic mass is 16.6. The number of aldehydes is 1. The number of rotatable bonds is 3. The number of nitrogens with two attached hydrogens (primary N) is 1. The van der Waals surface area contributed by atoms with Gasteiger partial charge in [0.05, 0.1) is 12.5 Å². The summed E-state index contributed by atoms with van der Waals surface area (Å²) in [5, 5.41) is 0. The van der Waals surface area contributed by atoms with Crippen LogP contribution in [0, 0.1) is 0 Å². The summed E-state index contributed by atoms with van der Waals surface area (Å²) in [4.78, 5) is 21.0. The van der Waals surface area contributed by atoms with Crippen LogP contribution in [-0.4, -0.2) is 23.9 Å². The van der Waals surface area contributed by atoms with Gasteiger partial charge in [-0.25, -0.2) is 0 Å². The Kier molecular flexibility index (Phi) is 3.89. The van der Waals surface area contributed by atoms with E-state index in [-0.39, 0.29) is 6.42 Å². The van der Waals surface area contributed by atoms with Crippen molar-refractivity contribution in [2.24, 2.45) is 5.73 Å². The first-order valence-corrected chi connectivity index (χ1v) is 3.78. The van der Waals surface area contributed by atoms with E-state index in [1.165, 1.54) is 0 Å². The van der Waals surface area contributed by atoms with Gasteiger partial charge in [0.2, 0.25) is 0 Å². The third kappa shape index (κ3) is 5.85. The van der Waals surface area contributed by atoms with Crippen LogP contribution >= 0.6 is 0 Å². The molecule has 0 amide bonds. The monoisotopic (exact) mass is 173 g/mol. The zero-order valence-corrected chi connectivity index (χ0v) is 7.66. The lowest BCUT2D eigenvalue weighted by Crippen LogP contribution is -2.30. The second kappa shape index (κ2) is 4.21. The van der Waals surface area contributed by atoms with Gasteiger partial charge in [-0.3, -0.25) is 4.79 Å². The maximum absolute atomic E-state index is 11.0. The predicted octanol–water partition coefficient (Wildman–Crippen LogP) is 0.244. The second-order valence-electron chi connectivity index (χ2n) is 3.59. The van der Waals surface area contributed by atoms with Gasteiger partial charge in [0.15, 0.2) is 0 Å². The molecule has 0 aromatic carbocycles. The zero-order chi connectivity index (χ0) is 9.78. The number of esters is 1. The average molecular weight is 173 g/mol. The van der Waals surface area contributed by atoms with Gasteiger partial charge in [-0.2, -0.15) is 0 Å². The summed E-state index contributed by atoms with van der Waals surface area (Å²) >= 11 is 0. The average Bonchev–Trinajstić information content (AvgIpc) is 1.82. The highest BCUT2D eigenvalue weighted by Crippen LogP contribution is 2.08. The normalized spacial score (nSPS) is 13.7. The van der Waals surface area contributed by atoms with Gasteiger partial charge in [-0.15, -0.1) is 0 Å². The number of ether oxygens (including phenoxy) is 1. The van der Waals surface area contributed by atoms with Gasteiger partial charge in [0, 0.05) is 0 Å². The first-order chi connectivity index (χ1) is 5.35. The zero-order valence-electron chi connectivity index (χ0n) is 7.66. The molecule has 0 aliphatic carbocycles. The largest absolute Gasteiger partial charge is 0.460 e. The summed E-state index contributed by atoms with van der Waals surface area (Å²) in [7, 11) is 0. The molecule has 70 valence electrons. The Morgan fingerprint density at radius 3 is 2.42 bits per heavy atom. The van der Waals surface area contributed by atoms with Gasteiger partial charge in [-0.1, -0.05) is 0 Å². The molecule has 0 aliphatic heterocycles. The highest BCUT2D eigenvalue weighted by molar-refractivity contribution is 5.75. The number of hydrogen-bond acceptors (Lipinski definition) is 4. The Bertz CT molecular complexity index is 172. The van der Waals surface area contributed by atoms with Crippen molar-refractivity contribution in [3.8, 4) is 0 Å². The van der Waals surface area contributed by atoms with E-state index in [9.17, 15) is 9.59 Å². The molecule has 12 heavy (non-hydrogen) atoms. The molecule has 0 fully saturated rings. The fourth-order valence-corrected chi connectivity index (χ4v) is 0.624. The van der Waals surface area contributed by atoms with E-state index < -0.39 is 17.6 Å². The van der Waals surface area contributed by atoms with Crippen molar-refractivity contribution in [3.63, 3.8) is 0 Å². The van der Waals surface area contributed by atoms with Crippen LogP contribution < -0.4 is 5.73 Å². The van der Waals surface area contributed by atoms with Crippen LogP contribution in [0.25, 0.3) is 0 Å². The molecule has 0 saturated carbocycles. The Hall–Kier alpha value is -0.900. The number of hydrogen-bond donors (Lipinski definition) is 1. The molecule has 1 atom stereocenters. The summed E-state index contributed by atoms with van der Waals surface area (Å²) in [5.41, 5.74) is 4.71. The minimum absolute atomic E-state index is 0.0548. The lowest BCUT2D eigenvalue weighted by molar-refractivity contribution is -0.155. The molecular weight excluding hydrogens is 158 g/mol. The molecule has 4 nitrogen and oxygen atoms in total. The van der Waals surface area contributed by atoms with Crippen LogP contribution in [0.4, 0.5) is 0 Å². The van der Waals surface area contributed by atoms with Crippen molar-refractivity contribution in [2.75, 3.05) is 0 Å². The molecule has 2 N–H and O–H groups in total. The molecule has 0 spiro atoms. The Morgan fingerprint density at radius 2 is 2.08 bits per heavy atom. The highest BCUT2D eigenvalue weighted by Gasteiger charge is 2.17. The van der Waals surface area contributed by atoms with Crippen LogP contribution in [-0.2, 0) is 14.3 Å². The van der Waals surface area contributed by atoms with Crippen LogP contribution in [0.2, 0.25) is 0 Å². The lowest BCUT2D eigenvalue weighted by Gasteiger charge is -2.19. The van der Waals surface area contributed by atoms with Gasteiger partial charge >= 0.3 is 5.97 Å². The minimum atomic E-state index is -0.750. The van der Waals surface area contributed by atoms with Crippen LogP contribution in [0.3, 0.4) is 0 Å². The Balaban J connectivity index is 3.82. The molecule has 0 saturated heterocycles. The van der Waals surface area contributed by atoms with Gasteiger partial charge < -0.3 is 15.3 Å². The predicted molar refractivity (Wildman–Crippen MR) is 44.5 cm³/mol. The summed E-state index contributed by atoms with van der Waals surface area (Å²) in [5.74, 6) is -0.442. The van der Waals surface area contributed by atoms with Crippen molar-refractivity contribution in [2.45, 2.75) is 38.8 Å². The first kappa shape index (κ1) is 11.1. The van der Waals surface area contributed by atoms with E-state index in [1.807, 2.05) is 0 Å². The van der Waals surface area contributed by atoms with Gasteiger partial charge in [0.1, 0.15) is 11.9 Å². The van der Waals surface area contributed by atoms with E-state index in [2.05, 4.69) is 0 Å². The number of carbonyl (C=O) groups excluding carboxylic acids is 2. The van der Waals surface area contributed by atoms with E-state index in [0.29, 0.717) is 6.29 Å². The Morgan fingerprint density at radius 1 is 1.58 bits per heavy atom. The molecule has 0 aliphatic rings. The fraction of sp³-hybridized carbons (Fsp3) is 0.750. The number of carbonyl (C=O) groups is 2. The molecule has 0 rings (SSSR count). The van der Waals surface area contributed by atoms with Crippen molar-refractivity contribution in [1.82, 2.24) is 0 Å². The summed E-state index contributed by atoms with van der Waals surface area (Å²) in [6.45, 7) is 5.28. The first-order valence-electron chi connectivity index (χ1n) is 3.78. The van der Waals surface area contributed by atoms with Crippen molar-refractivity contribution in [1.29, 1.82) is 0 Å². The topological polar surface area (TPSA) is 69.4 Å². The molecule has 0 aromatic heterocycles. The molecule has 0 bridgehead atoms. The van der Waals surface area contributed by atoms with E-state index in [1.54, 1.807) is 20.8 Å². The molecule has 1 unspecified atom stereocenters. The molecular formula is C8H15NO3. The Labute approximate surface area is 72.1 Å². The van der Waals surface area contributed by atoms with E-state index in [4.69, 9.17) is 10.5 Å². The smallest absolute Gasteiger partial charge is 0.308 e. The van der Waals surface area contributed by atoms with Crippen molar-refractivity contribution >= 4 is 12.3 Å². The van der Waals surface area contributed by atoms with Crippen molar-refractivity contribution < 1.29 is 14.3 Å². The van der Waals surface area contributed by atoms with E-state index in [0.717, 1.165) is 0 Å². The quantitative estimate of drug-likeness (QED) is 0.490. The third-order valence-electron chi connectivity index (χ3n) is 0.997. The van der Waals surface area contributed by atoms with E-state index >= 15 is 0 Å².